The lowest BCUT2D eigenvalue weighted by Crippen LogP contribution is -2.11. The van der Waals surface area contributed by atoms with Gasteiger partial charge in [-0.3, -0.25) is 9.20 Å². The van der Waals surface area contributed by atoms with Crippen molar-refractivity contribution < 1.29 is 4.79 Å². The van der Waals surface area contributed by atoms with E-state index in [-0.39, 0.29) is 0 Å². The molecule has 1 aromatic carbocycles. The first-order valence-electron chi connectivity index (χ1n) is 7.97. The fourth-order valence-electron chi connectivity index (χ4n) is 3.01. The van der Waals surface area contributed by atoms with Crippen molar-refractivity contribution in [1.82, 2.24) is 14.4 Å². The fraction of sp³-hybridized carbons (Fsp3) is 0.105. The molecule has 5 nitrogen and oxygen atoms in total. The van der Waals surface area contributed by atoms with Crippen LogP contribution in [0.3, 0.4) is 0 Å². The Hall–Kier alpha value is -2.70. The minimum absolute atomic E-state index is 0.396. The highest BCUT2D eigenvalue weighted by Crippen LogP contribution is 2.39. The molecule has 2 N–H and O–H groups in total. The number of benzene rings is 1. The van der Waals surface area contributed by atoms with E-state index in [1.165, 1.54) is 0 Å². The molecule has 0 fully saturated rings. The lowest BCUT2D eigenvalue weighted by atomic mass is 10.0. The summed E-state index contributed by atoms with van der Waals surface area (Å²) in [5.41, 5.74) is 9.94. The van der Waals surface area contributed by atoms with Crippen LogP contribution in [-0.2, 0) is 0 Å². The van der Waals surface area contributed by atoms with Crippen molar-refractivity contribution in [2.45, 2.75) is 13.8 Å². The molecule has 4 aromatic rings. The number of rotatable bonds is 3. The molecule has 0 unspecified atom stereocenters. The van der Waals surface area contributed by atoms with Gasteiger partial charge in [-0.05, 0) is 26.0 Å². The predicted molar refractivity (Wildman–Crippen MR) is 105 cm³/mol. The number of nitrogens with two attached hydrogens (primary N) is 1. The summed E-state index contributed by atoms with van der Waals surface area (Å²) in [4.78, 5) is 21.7. The van der Waals surface area contributed by atoms with Gasteiger partial charge in [-0.15, -0.1) is 11.3 Å². The number of halogens is 1. The summed E-state index contributed by atoms with van der Waals surface area (Å²) < 4.78 is 1.74. The Morgan fingerprint density at radius 1 is 1.15 bits per heavy atom. The van der Waals surface area contributed by atoms with Crippen molar-refractivity contribution in [2.75, 3.05) is 0 Å². The number of thiazole rings is 1. The Labute approximate surface area is 159 Å². The molecule has 0 saturated carbocycles. The molecule has 0 saturated heterocycles. The van der Waals surface area contributed by atoms with Gasteiger partial charge >= 0.3 is 0 Å². The molecule has 4 rings (SSSR count). The molecule has 0 atom stereocenters. The van der Waals surface area contributed by atoms with Gasteiger partial charge in [0.05, 0.1) is 15.6 Å². The normalized spacial score (nSPS) is 11.2. The van der Waals surface area contributed by atoms with Gasteiger partial charge in [0.1, 0.15) is 16.5 Å². The van der Waals surface area contributed by atoms with E-state index in [2.05, 4.69) is 9.97 Å². The van der Waals surface area contributed by atoms with Crippen LogP contribution in [0.1, 0.15) is 21.1 Å². The zero-order valence-corrected chi connectivity index (χ0v) is 15.7. The maximum Gasteiger partial charge on any atom is 0.248 e. The molecule has 0 bridgehead atoms. The van der Waals surface area contributed by atoms with E-state index in [1.54, 1.807) is 34.1 Å². The smallest absolute Gasteiger partial charge is 0.248 e. The summed E-state index contributed by atoms with van der Waals surface area (Å²) >= 11 is 8.25. The second-order valence-corrected chi connectivity index (χ2v) is 7.51. The molecule has 3 aromatic heterocycles. The number of hydrogen-bond donors (Lipinski definition) is 1. The van der Waals surface area contributed by atoms with Crippen LogP contribution in [0, 0.1) is 13.8 Å². The van der Waals surface area contributed by atoms with Gasteiger partial charge in [0.15, 0.2) is 0 Å². The van der Waals surface area contributed by atoms with Gasteiger partial charge < -0.3 is 5.73 Å². The zero-order chi connectivity index (χ0) is 18.4. The third-order valence-corrected chi connectivity index (χ3v) is 5.65. The predicted octanol–water partition coefficient (Wildman–Crippen LogP) is 4.49. The van der Waals surface area contributed by atoms with Crippen LogP contribution >= 0.6 is 22.9 Å². The molecule has 0 aliphatic carbocycles. The average molecular weight is 383 g/mol. The Balaban J connectivity index is 1.95. The van der Waals surface area contributed by atoms with Crippen LogP contribution in [0.4, 0.5) is 0 Å². The summed E-state index contributed by atoms with van der Waals surface area (Å²) in [5.74, 6) is -0.496. The van der Waals surface area contributed by atoms with Crippen LogP contribution in [0.15, 0.2) is 42.6 Å². The maximum atomic E-state index is 11.4. The summed E-state index contributed by atoms with van der Waals surface area (Å²) in [6.07, 6.45) is 1.71. The van der Waals surface area contributed by atoms with Crippen LogP contribution in [0.2, 0.25) is 5.15 Å². The van der Waals surface area contributed by atoms with Crippen LogP contribution < -0.4 is 5.73 Å². The van der Waals surface area contributed by atoms with E-state index >= 15 is 0 Å². The van der Waals surface area contributed by atoms with E-state index < -0.39 is 5.91 Å². The second-order valence-electron chi connectivity index (χ2n) is 5.95. The highest BCUT2D eigenvalue weighted by Gasteiger charge is 2.19. The zero-order valence-electron chi connectivity index (χ0n) is 14.2. The van der Waals surface area contributed by atoms with Crippen molar-refractivity contribution in [3.63, 3.8) is 0 Å². The van der Waals surface area contributed by atoms with E-state index in [1.807, 2.05) is 38.1 Å². The molecule has 0 radical (unpaired) electrons. The first-order chi connectivity index (χ1) is 12.5. The fourth-order valence-corrected chi connectivity index (χ4v) is 4.25. The molecule has 0 aliphatic rings. The Morgan fingerprint density at radius 3 is 2.54 bits per heavy atom. The minimum atomic E-state index is -0.496. The molecule has 0 aliphatic heterocycles. The van der Waals surface area contributed by atoms with Gasteiger partial charge in [-0.25, -0.2) is 9.97 Å². The van der Waals surface area contributed by atoms with E-state index in [0.717, 1.165) is 26.7 Å². The van der Waals surface area contributed by atoms with Gasteiger partial charge in [0.25, 0.3) is 0 Å². The van der Waals surface area contributed by atoms with Crippen LogP contribution in [0.5, 0.6) is 0 Å². The lowest BCUT2D eigenvalue weighted by molar-refractivity contribution is 0.100. The van der Waals surface area contributed by atoms with Gasteiger partial charge in [0, 0.05) is 22.9 Å². The first kappa shape index (κ1) is 16.8. The first-order valence-corrected chi connectivity index (χ1v) is 9.16. The maximum absolute atomic E-state index is 11.4. The summed E-state index contributed by atoms with van der Waals surface area (Å²) in [7, 11) is 0. The Bertz CT molecular complexity index is 1160. The molecule has 130 valence electrons. The Morgan fingerprint density at radius 2 is 1.88 bits per heavy atom. The standard InChI is InChI=1S/C19H15ClN4OS/c1-10-17(26-11(2)22-10)14-6-4-3-5-13(14)16-18(20)24-8-7-12(19(21)25)9-15(24)23-16/h3-9H,1-2H3,(H2,21,25). The van der Waals surface area contributed by atoms with Gasteiger partial charge in [0.2, 0.25) is 5.91 Å². The number of pyridine rings is 1. The average Bonchev–Trinajstić information content (AvgIpc) is 3.13. The number of imidazole rings is 1. The highest BCUT2D eigenvalue weighted by molar-refractivity contribution is 7.15. The lowest BCUT2D eigenvalue weighted by Gasteiger charge is -2.06. The van der Waals surface area contributed by atoms with Crippen molar-refractivity contribution in [3.05, 3.63) is 64.0 Å². The molecular weight excluding hydrogens is 368 g/mol. The number of hydrogen-bond acceptors (Lipinski definition) is 4. The number of amides is 1. The Kier molecular flexibility index (Phi) is 4.01. The minimum Gasteiger partial charge on any atom is -0.366 e. The molecule has 1 amide bonds. The highest BCUT2D eigenvalue weighted by atomic mass is 35.5. The molecule has 7 heteroatoms. The summed E-state index contributed by atoms with van der Waals surface area (Å²) in [5, 5.41) is 1.50. The van der Waals surface area contributed by atoms with Gasteiger partial charge in [-0.2, -0.15) is 0 Å². The molecule has 26 heavy (non-hydrogen) atoms. The monoisotopic (exact) mass is 382 g/mol. The van der Waals surface area contributed by atoms with Crippen LogP contribution in [-0.4, -0.2) is 20.3 Å². The number of fused-ring (bicyclic) bond motifs is 1. The molecule has 0 spiro atoms. The van der Waals surface area contributed by atoms with Crippen molar-refractivity contribution in [2.24, 2.45) is 5.73 Å². The number of carbonyl (C=O) groups excluding carboxylic acids is 1. The third-order valence-electron chi connectivity index (χ3n) is 4.18. The number of primary amides is 1. The quantitative estimate of drug-likeness (QED) is 0.567. The van der Waals surface area contributed by atoms with Gasteiger partial charge in [-0.1, -0.05) is 35.9 Å². The van der Waals surface area contributed by atoms with Crippen molar-refractivity contribution in [3.8, 4) is 21.7 Å². The largest absolute Gasteiger partial charge is 0.366 e. The van der Waals surface area contributed by atoms with Crippen molar-refractivity contribution in [1.29, 1.82) is 0 Å². The van der Waals surface area contributed by atoms with E-state index in [9.17, 15) is 4.79 Å². The summed E-state index contributed by atoms with van der Waals surface area (Å²) in [6.45, 7) is 3.99. The van der Waals surface area contributed by atoms with E-state index in [4.69, 9.17) is 17.3 Å². The topological polar surface area (TPSA) is 73.3 Å². The number of nitrogens with zero attached hydrogens (tertiary/aromatic N) is 3. The second kappa shape index (κ2) is 6.23. The third kappa shape index (κ3) is 2.67. The SMILES string of the molecule is Cc1nc(C)c(-c2ccccc2-c2nc3cc(C(N)=O)ccn3c2Cl)s1. The molecular formula is C19H15ClN4OS. The molecule has 3 heterocycles. The van der Waals surface area contributed by atoms with Crippen molar-refractivity contribution >= 4 is 34.5 Å². The van der Waals surface area contributed by atoms with E-state index in [0.29, 0.717) is 22.1 Å². The summed E-state index contributed by atoms with van der Waals surface area (Å²) in [6, 6.07) is 11.3. The van der Waals surface area contributed by atoms with Crippen LogP contribution in [0.25, 0.3) is 27.3 Å². The number of aryl methyl sites for hydroxylation is 2. The number of carbonyl (C=O) groups is 1. The number of aromatic nitrogens is 3.